The number of benzene rings is 4. The molecule has 0 radical (unpaired) electrons. The van der Waals surface area contributed by atoms with Crippen LogP contribution in [0.3, 0.4) is 0 Å². The highest BCUT2D eigenvalue weighted by atomic mass is 35.5. The molecule has 0 bridgehead atoms. The van der Waals surface area contributed by atoms with Gasteiger partial charge in [-0.3, -0.25) is 13.9 Å². The van der Waals surface area contributed by atoms with Crippen molar-refractivity contribution in [1.82, 2.24) is 10.2 Å². The molecule has 0 aromatic heterocycles. The van der Waals surface area contributed by atoms with Gasteiger partial charge in [0.05, 0.1) is 22.7 Å². The van der Waals surface area contributed by atoms with E-state index in [1.165, 1.54) is 17.0 Å². The van der Waals surface area contributed by atoms with Gasteiger partial charge in [0.25, 0.3) is 10.0 Å². The largest absolute Gasteiger partial charge is 0.497 e. The SMILES string of the molecule is COc1cccc(CN(C(=O)CN(c2ccccc2Cl)S(=O)(=O)c2ccccc2)[C@H](Cc2ccccc2)C(=O)NC2CCCCC2)c1. The van der Waals surface area contributed by atoms with Gasteiger partial charge in [-0.15, -0.1) is 0 Å². The van der Waals surface area contributed by atoms with Crippen LogP contribution in [0.5, 0.6) is 5.75 Å². The molecular formula is C37H40ClN3O5S. The van der Waals surface area contributed by atoms with E-state index in [4.69, 9.17) is 16.3 Å². The minimum atomic E-state index is -4.24. The van der Waals surface area contributed by atoms with Gasteiger partial charge in [0.1, 0.15) is 18.3 Å². The maximum atomic E-state index is 14.7. The van der Waals surface area contributed by atoms with E-state index >= 15 is 0 Å². The maximum Gasteiger partial charge on any atom is 0.264 e. The van der Waals surface area contributed by atoms with Crippen LogP contribution in [-0.2, 0) is 32.6 Å². The quantitative estimate of drug-likeness (QED) is 0.172. The Hall–Kier alpha value is -4.34. The fraction of sp³-hybridized carbons (Fsp3) is 0.297. The summed E-state index contributed by atoms with van der Waals surface area (Å²) in [4.78, 5) is 30.4. The molecule has 1 fully saturated rings. The molecule has 0 heterocycles. The summed E-state index contributed by atoms with van der Waals surface area (Å²) in [6.45, 7) is -0.527. The van der Waals surface area contributed by atoms with Gasteiger partial charge in [0.15, 0.2) is 0 Å². The van der Waals surface area contributed by atoms with Crippen molar-refractivity contribution in [3.63, 3.8) is 0 Å². The zero-order valence-corrected chi connectivity index (χ0v) is 28.0. The molecule has 0 unspecified atom stereocenters. The lowest BCUT2D eigenvalue weighted by atomic mass is 9.94. The summed E-state index contributed by atoms with van der Waals surface area (Å²) in [6, 6.07) is 30.4. The van der Waals surface area contributed by atoms with E-state index in [0.717, 1.165) is 47.5 Å². The Bertz CT molecular complexity index is 1750. The molecule has 10 heteroatoms. The molecule has 4 aromatic rings. The zero-order chi connectivity index (χ0) is 33.2. The van der Waals surface area contributed by atoms with Crippen molar-refractivity contribution in [3.8, 4) is 5.75 Å². The van der Waals surface area contributed by atoms with Crippen molar-refractivity contribution >= 4 is 39.1 Å². The van der Waals surface area contributed by atoms with Crippen LogP contribution in [0.1, 0.15) is 43.2 Å². The number of nitrogens with one attached hydrogen (secondary N) is 1. The first kappa shape index (κ1) is 34.0. The highest BCUT2D eigenvalue weighted by Crippen LogP contribution is 2.31. The van der Waals surface area contributed by atoms with E-state index in [2.05, 4.69) is 5.32 Å². The first-order valence-electron chi connectivity index (χ1n) is 15.9. The predicted octanol–water partition coefficient (Wildman–Crippen LogP) is 6.63. The molecule has 1 aliphatic rings. The molecule has 0 spiro atoms. The monoisotopic (exact) mass is 673 g/mol. The molecule has 246 valence electrons. The number of carbonyl (C=O) groups is 2. The highest BCUT2D eigenvalue weighted by molar-refractivity contribution is 7.92. The van der Waals surface area contributed by atoms with Crippen molar-refractivity contribution in [2.24, 2.45) is 0 Å². The number of para-hydroxylation sites is 1. The molecule has 1 aliphatic carbocycles. The number of hydrogen-bond donors (Lipinski definition) is 1. The Kier molecular flexibility index (Phi) is 11.6. The van der Waals surface area contributed by atoms with Gasteiger partial charge in [0, 0.05) is 19.0 Å². The number of ether oxygens (including phenoxy) is 1. The fourth-order valence-corrected chi connectivity index (χ4v) is 7.69. The Labute approximate surface area is 282 Å². The highest BCUT2D eigenvalue weighted by Gasteiger charge is 2.36. The Balaban J connectivity index is 1.57. The van der Waals surface area contributed by atoms with Gasteiger partial charge < -0.3 is 15.0 Å². The van der Waals surface area contributed by atoms with Crippen LogP contribution >= 0.6 is 11.6 Å². The van der Waals surface area contributed by atoms with Crippen LogP contribution in [-0.4, -0.2) is 50.9 Å². The van der Waals surface area contributed by atoms with Gasteiger partial charge in [0.2, 0.25) is 11.8 Å². The number of hydrogen-bond acceptors (Lipinski definition) is 5. The molecule has 8 nitrogen and oxygen atoms in total. The van der Waals surface area contributed by atoms with Gasteiger partial charge in [-0.05, 0) is 60.4 Å². The third-order valence-corrected chi connectivity index (χ3v) is 10.5. The van der Waals surface area contributed by atoms with Crippen LogP contribution < -0.4 is 14.4 Å². The first-order valence-corrected chi connectivity index (χ1v) is 17.7. The van der Waals surface area contributed by atoms with E-state index in [1.807, 2.05) is 48.5 Å². The second kappa shape index (κ2) is 16.0. The standard InChI is InChI=1S/C37H40ClN3O5S/c1-46-31-19-13-16-29(24-31)26-40(35(25-28-14-5-2-6-15-28)37(43)39-30-17-7-3-8-18-30)36(42)27-41(34-23-12-11-22-33(34)38)47(44,45)32-20-9-4-10-21-32/h2,4-6,9-16,19-24,30,35H,3,7-8,17-18,25-27H2,1H3,(H,39,43)/t35-/m1/s1. The summed E-state index contributed by atoms with van der Waals surface area (Å²) in [5.41, 5.74) is 1.77. The number of amides is 2. The van der Waals surface area contributed by atoms with Crippen molar-refractivity contribution < 1.29 is 22.7 Å². The molecule has 4 aromatic carbocycles. The van der Waals surface area contributed by atoms with Crippen LogP contribution in [0, 0.1) is 0 Å². The molecule has 1 saturated carbocycles. The molecule has 5 rings (SSSR count). The van der Waals surface area contributed by atoms with Gasteiger partial charge in [-0.1, -0.05) is 104 Å². The van der Waals surface area contributed by atoms with Crippen molar-refractivity contribution in [2.75, 3.05) is 18.0 Å². The van der Waals surface area contributed by atoms with Crippen molar-refractivity contribution in [1.29, 1.82) is 0 Å². The normalized spacial score (nSPS) is 14.2. The van der Waals surface area contributed by atoms with E-state index in [9.17, 15) is 18.0 Å². The van der Waals surface area contributed by atoms with Crippen LogP contribution in [0.4, 0.5) is 5.69 Å². The molecule has 1 atom stereocenters. The third kappa shape index (κ3) is 8.73. The molecular weight excluding hydrogens is 634 g/mol. The van der Waals surface area contributed by atoms with E-state index in [0.29, 0.717) is 5.75 Å². The average Bonchev–Trinajstić information content (AvgIpc) is 3.10. The van der Waals surface area contributed by atoms with Gasteiger partial charge >= 0.3 is 0 Å². The number of methoxy groups -OCH3 is 1. The maximum absolute atomic E-state index is 14.7. The van der Waals surface area contributed by atoms with Crippen LogP contribution in [0.15, 0.2) is 114 Å². The number of anilines is 1. The van der Waals surface area contributed by atoms with Crippen molar-refractivity contribution in [2.45, 2.75) is 62.0 Å². The summed E-state index contributed by atoms with van der Waals surface area (Å²) in [7, 11) is -2.67. The van der Waals surface area contributed by atoms with E-state index in [1.54, 1.807) is 55.6 Å². The number of halogens is 1. The van der Waals surface area contributed by atoms with Crippen LogP contribution in [0.2, 0.25) is 5.02 Å². The lowest BCUT2D eigenvalue weighted by molar-refractivity contribution is -0.140. The molecule has 47 heavy (non-hydrogen) atoms. The van der Waals surface area contributed by atoms with Crippen molar-refractivity contribution in [3.05, 3.63) is 125 Å². The summed E-state index contributed by atoms with van der Waals surface area (Å²) >= 11 is 6.56. The minimum Gasteiger partial charge on any atom is -0.497 e. The zero-order valence-electron chi connectivity index (χ0n) is 26.4. The van der Waals surface area contributed by atoms with Gasteiger partial charge in [-0.2, -0.15) is 0 Å². The van der Waals surface area contributed by atoms with Crippen LogP contribution in [0.25, 0.3) is 0 Å². The lowest BCUT2D eigenvalue weighted by Gasteiger charge is -2.35. The lowest BCUT2D eigenvalue weighted by Crippen LogP contribution is -2.55. The first-order chi connectivity index (χ1) is 22.8. The number of rotatable bonds is 13. The minimum absolute atomic E-state index is 0.0152. The predicted molar refractivity (Wildman–Crippen MR) is 185 cm³/mol. The number of sulfonamides is 1. The molecule has 2 amide bonds. The summed E-state index contributed by atoms with van der Waals surface area (Å²) in [5, 5.41) is 3.40. The van der Waals surface area contributed by atoms with Gasteiger partial charge in [-0.25, -0.2) is 8.42 Å². The summed E-state index contributed by atoms with van der Waals surface area (Å²) in [6.07, 6.45) is 5.20. The number of nitrogens with zero attached hydrogens (tertiary/aromatic N) is 2. The molecule has 1 N–H and O–H groups in total. The third-order valence-electron chi connectivity index (χ3n) is 8.44. The average molecular weight is 674 g/mol. The Morgan fingerprint density at radius 3 is 2.17 bits per heavy atom. The summed E-state index contributed by atoms with van der Waals surface area (Å²) in [5.74, 6) is -0.218. The molecule has 0 saturated heterocycles. The summed E-state index contributed by atoms with van der Waals surface area (Å²) < 4.78 is 34.8. The second-order valence-electron chi connectivity index (χ2n) is 11.7. The fourth-order valence-electron chi connectivity index (χ4n) is 5.95. The smallest absolute Gasteiger partial charge is 0.264 e. The Morgan fingerprint density at radius 1 is 0.851 bits per heavy atom. The van der Waals surface area contributed by atoms with E-state index in [-0.39, 0.29) is 40.5 Å². The molecule has 0 aliphatic heterocycles. The Morgan fingerprint density at radius 2 is 1.49 bits per heavy atom. The van der Waals surface area contributed by atoms with E-state index < -0.39 is 28.5 Å². The topological polar surface area (TPSA) is 96.0 Å². The second-order valence-corrected chi connectivity index (χ2v) is 14.0. The number of carbonyl (C=O) groups excluding carboxylic acids is 2.